The smallest absolute Gasteiger partial charge is 0.274 e. The number of thiazole rings is 1. The first-order chi connectivity index (χ1) is 11.8. The van der Waals surface area contributed by atoms with E-state index in [1.54, 1.807) is 20.5 Å². The van der Waals surface area contributed by atoms with E-state index in [2.05, 4.69) is 15.1 Å². The number of hydrogen-bond acceptors (Lipinski definition) is 6. The van der Waals surface area contributed by atoms with Gasteiger partial charge in [0.1, 0.15) is 18.1 Å². The van der Waals surface area contributed by atoms with Crippen molar-refractivity contribution in [2.24, 2.45) is 0 Å². The number of ether oxygens (including phenoxy) is 1. The Kier molecular flexibility index (Phi) is 4.06. The second-order valence-electron chi connectivity index (χ2n) is 5.33. The Morgan fingerprint density at radius 2 is 2.12 bits per heavy atom. The lowest BCUT2D eigenvalue weighted by molar-refractivity contribution is -0.00605. The summed E-state index contributed by atoms with van der Waals surface area (Å²) in [5.41, 5.74) is 3.02. The molecule has 1 saturated heterocycles. The molecule has 3 heterocycles. The maximum absolute atomic E-state index is 12.8. The third kappa shape index (κ3) is 2.70. The van der Waals surface area contributed by atoms with Crippen LogP contribution in [0.3, 0.4) is 0 Å². The van der Waals surface area contributed by atoms with Gasteiger partial charge in [-0.15, -0.1) is 11.3 Å². The summed E-state index contributed by atoms with van der Waals surface area (Å²) in [5.74, 6) is 0.580. The first kappa shape index (κ1) is 15.0. The number of aromatic nitrogens is 4. The number of amides is 1. The van der Waals surface area contributed by atoms with E-state index in [-0.39, 0.29) is 11.9 Å². The molecule has 1 aliphatic rings. The monoisotopic (exact) mass is 341 g/mol. The van der Waals surface area contributed by atoms with Crippen molar-refractivity contribution >= 4 is 17.2 Å². The van der Waals surface area contributed by atoms with Crippen molar-refractivity contribution in [3.05, 3.63) is 59.1 Å². The minimum absolute atomic E-state index is 0.104. The molecule has 0 radical (unpaired) electrons. The van der Waals surface area contributed by atoms with Gasteiger partial charge in [-0.05, 0) is 12.1 Å². The second kappa shape index (κ2) is 6.50. The Morgan fingerprint density at radius 1 is 1.25 bits per heavy atom. The lowest BCUT2D eigenvalue weighted by Gasteiger charge is -2.34. The summed E-state index contributed by atoms with van der Waals surface area (Å²) < 4.78 is 7.35. The van der Waals surface area contributed by atoms with Gasteiger partial charge in [-0.25, -0.2) is 14.6 Å². The van der Waals surface area contributed by atoms with Crippen molar-refractivity contribution in [2.45, 2.75) is 6.04 Å². The molecule has 0 unspecified atom stereocenters. The predicted molar refractivity (Wildman–Crippen MR) is 88.1 cm³/mol. The van der Waals surface area contributed by atoms with Crippen LogP contribution in [0.2, 0.25) is 0 Å². The Hall–Kier alpha value is -2.58. The molecule has 3 aromatic rings. The Balaban J connectivity index is 1.70. The van der Waals surface area contributed by atoms with Crippen LogP contribution in [0.1, 0.15) is 22.4 Å². The molecule has 24 heavy (non-hydrogen) atoms. The van der Waals surface area contributed by atoms with Crippen LogP contribution in [0.4, 0.5) is 0 Å². The standard InChI is InChI=1S/C16H15N5O2S/c22-16(13-9-24-11-18-13)20-6-7-23-8-14(20)15-17-10-19-21(15)12-4-2-1-3-5-12/h1-5,9-11,14H,6-8H2/t14-/m1/s1. The molecule has 122 valence electrons. The molecule has 7 nitrogen and oxygen atoms in total. The van der Waals surface area contributed by atoms with E-state index in [1.165, 1.54) is 17.7 Å². The number of para-hydroxylation sites is 1. The zero-order valence-electron chi connectivity index (χ0n) is 12.8. The highest BCUT2D eigenvalue weighted by Crippen LogP contribution is 2.26. The van der Waals surface area contributed by atoms with Gasteiger partial charge in [0.05, 0.1) is 24.4 Å². The fourth-order valence-corrected chi connectivity index (χ4v) is 3.30. The van der Waals surface area contributed by atoms with Crippen molar-refractivity contribution < 1.29 is 9.53 Å². The van der Waals surface area contributed by atoms with E-state index < -0.39 is 0 Å². The summed E-state index contributed by atoms with van der Waals surface area (Å²) in [6.45, 7) is 1.40. The third-order valence-corrected chi connectivity index (χ3v) is 4.50. The first-order valence-corrected chi connectivity index (χ1v) is 8.51. The van der Waals surface area contributed by atoms with Gasteiger partial charge in [-0.2, -0.15) is 5.10 Å². The molecule has 1 fully saturated rings. The van der Waals surface area contributed by atoms with E-state index in [1.807, 2.05) is 30.3 Å². The topological polar surface area (TPSA) is 73.1 Å². The summed E-state index contributed by atoms with van der Waals surface area (Å²) in [6.07, 6.45) is 1.50. The number of hydrogen-bond donors (Lipinski definition) is 0. The molecule has 2 aromatic heterocycles. The maximum atomic E-state index is 12.8. The van der Waals surface area contributed by atoms with E-state index in [4.69, 9.17) is 4.74 Å². The number of benzene rings is 1. The van der Waals surface area contributed by atoms with Crippen LogP contribution < -0.4 is 0 Å². The molecular weight excluding hydrogens is 326 g/mol. The number of carbonyl (C=O) groups excluding carboxylic acids is 1. The van der Waals surface area contributed by atoms with Gasteiger partial charge in [0.15, 0.2) is 5.82 Å². The molecule has 0 N–H and O–H groups in total. The molecule has 4 rings (SSSR count). The molecule has 0 saturated carbocycles. The third-order valence-electron chi connectivity index (χ3n) is 3.91. The highest BCUT2D eigenvalue weighted by atomic mass is 32.1. The molecule has 8 heteroatoms. The molecule has 1 amide bonds. The van der Waals surface area contributed by atoms with Gasteiger partial charge in [-0.1, -0.05) is 18.2 Å². The van der Waals surface area contributed by atoms with Gasteiger partial charge in [0.25, 0.3) is 5.91 Å². The fraction of sp³-hybridized carbons (Fsp3) is 0.250. The average Bonchev–Trinajstić information content (AvgIpc) is 3.33. The summed E-state index contributed by atoms with van der Waals surface area (Å²) in [4.78, 5) is 23.1. The summed E-state index contributed by atoms with van der Waals surface area (Å²) in [5, 5.41) is 6.08. The first-order valence-electron chi connectivity index (χ1n) is 7.57. The molecule has 1 aliphatic heterocycles. The summed E-state index contributed by atoms with van der Waals surface area (Å²) in [7, 11) is 0. The Morgan fingerprint density at radius 3 is 2.92 bits per heavy atom. The Labute approximate surface area is 142 Å². The molecule has 1 atom stereocenters. The SMILES string of the molecule is O=C(c1cscn1)N1CCOC[C@@H]1c1ncnn1-c1ccccc1. The van der Waals surface area contributed by atoms with Gasteiger partial charge in [-0.3, -0.25) is 4.79 Å². The van der Waals surface area contributed by atoms with Crippen molar-refractivity contribution in [2.75, 3.05) is 19.8 Å². The number of rotatable bonds is 3. The zero-order valence-corrected chi connectivity index (χ0v) is 13.6. The van der Waals surface area contributed by atoms with E-state index in [0.29, 0.717) is 31.3 Å². The number of carbonyl (C=O) groups is 1. The van der Waals surface area contributed by atoms with E-state index >= 15 is 0 Å². The predicted octanol–water partition coefficient (Wildman–Crippen LogP) is 1.94. The van der Waals surface area contributed by atoms with Crippen LogP contribution in [0, 0.1) is 0 Å². The minimum Gasteiger partial charge on any atom is -0.377 e. The summed E-state index contributed by atoms with van der Waals surface area (Å²) >= 11 is 1.41. The van der Waals surface area contributed by atoms with Crippen LogP contribution in [-0.2, 0) is 4.74 Å². The molecular formula is C16H15N5O2S. The molecule has 0 aliphatic carbocycles. The highest BCUT2D eigenvalue weighted by molar-refractivity contribution is 7.07. The Bertz CT molecular complexity index is 818. The quantitative estimate of drug-likeness (QED) is 0.728. The van der Waals surface area contributed by atoms with Gasteiger partial charge < -0.3 is 9.64 Å². The lowest BCUT2D eigenvalue weighted by Crippen LogP contribution is -2.44. The zero-order chi connectivity index (χ0) is 16.4. The average molecular weight is 341 g/mol. The van der Waals surface area contributed by atoms with Gasteiger partial charge in [0.2, 0.25) is 0 Å². The molecule has 0 bridgehead atoms. The minimum atomic E-state index is -0.296. The maximum Gasteiger partial charge on any atom is 0.274 e. The normalized spacial score (nSPS) is 17.8. The van der Waals surface area contributed by atoms with E-state index in [0.717, 1.165) is 5.69 Å². The number of nitrogens with zero attached hydrogens (tertiary/aromatic N) is 5. The van der Waals surface area contributed by atoms with Gasteiger partial charge in [0, 0.05) is 11.9 Å². The van der Waals surface area contributed by atoms with Crippen LogP contribution in [0.25, 0.3) is 5.69 Å². The van der Waals surface area contributed by atoms with Crippen LogP contribution in [0.5, 0.6) is 0 Å². The van der Waals surface area contributed by atoms with Crippen molar-refractivity contribution in [3.63, 3.8) is 0 Å². The lowest BCUT2D eigenvalue weighted by atomic mass is 10.2. The van der Waals surface area contributed by atoms with Crippen LogP contribution >= 0.6 is 11.3 Å². The summed E-state index contributed by atoms with van der Waals surface area (Å²) in [6, 6.07) is 9.44. The molecule has 1 aromatic carbocycles. The van der Waals surface area contributed by atoms with Crippen molar-refractivity contribution in [1.82, 2.24) is 24.6 Å². The van der Waals surface area contributed by atoms with Crippen molar-refractivity contribution in [3.8, 4) is 5.69 Å². The number of morpholine rings is 1. The van der Waals surface area contributed by atoms with Crippen LogP contribution in [-0.4, -0.2) is 50.3 Å². The largest absolute Gasteiger partial charge is 0.377 e. The second-order valence-corrected chi connectivity index (χ2v) is 6.05. The van der Waals surface area contributed by atoms with Crippen molar-refractivity contribution in [1.29, 1.82) is 0 Å². The van der Waals surface area contributed by atoms with Gasteiger partial charge >= 0.3 is 0 Å². The van der Waals surface area contributed by atoms with E-state index in [9.17, 15) is 4.79 Å². The van der Waals surface area contributed by atoms with Crippen LogP contribution in [0.15, 0.2) is 47.5 Å². The fourth-order valence-electron chi connectivity index (χ4n) is 2.77. The highest BCUT2D eigenvalue weighted by Gasteiger charge is 2.33. The molecule has 0 spiro atoms.